The first-order valence-electron chi connectivity index (χ1n) is 9.39. The minimum absolute atomic E-state index is 0.0179. The molecule has 2 aliphatic rings. The SMILES string of the molecule is Cc1ccc(C#CC(=O)NCc2ccc3c(c2)CN(C2CC(=O)NC2=O)C3=O)nc1. The van der Waals surface area contributed by atoms with Crippen LogP contribution >= 0.6 is 0 Å². The van der Waals surface area contributed by atoms with Gasteiger partial charge in [0.05, 0.1) is 6.42 Å². The molecular weight excluding hydrogens is 384 g/mol. The van der Waals surface area contributed by atoms with Crippen molar-refractivity contribution in [3.8, 4) is 11.8 Å². The van der Waals surface area contributed by atoms with Crippen molar-refractivity contribution in [2.45, 2.75) is 32.5 Å². The molecule has 3 heterocycles. The standard InChI is InChI=1S/C22H18N4O4/c1-13-2-4-16(23-10-13)5-7-19(27)24-11-14-3-6-17-15(8-14)12-26(22(17)30)18-9-20(28)25-21(18)29/h2-4,6,8,10,18H,9,11-12H2,1H3,(H,24,27)(H,25,28,29). The van der Waals surface area contributed by atoms with Gasteiger partial charge in [0.2, 0.25) is 11.8 Å². The third-order valence-electron chi connectivity index (χ3n) is 4.99. The van der Waals surface area contributed by atoms with Crippen molar-refractivity contribution in [3.63, 3.8) is 0 Å². The van der Waals surface area contributed by atoms with Crippen LogP contribution in [0.15, 0.2) is 36.5 Å². The molecule has 4 rings (SSSR count). The van der Waals surface area contributed by atoms with Crippen LogP contribution in [0.1, 0.15) is 39.2 Å². The lowest BCUT2D eigenvalue weighted by atomic mass is 10.1. The van der Waals surface area contributed by atoms with Gasteiger partial charge >= 0.3 is 0 Å². The van der Waals surface area contributed by atoms with E-state index in [0.29, 0.717) is 11.3 Å². The molecular formula is C22H18N4O4. The minimum Gasteiger partial charge on any atom is -0.341 e. The number of hydrogen-bond donors (Lipinski definition) is 2. The predicted molar refractivity (Wildman–Crippen MR) is 106 cm³/mol. The van der Waals surface area contributed by atoms with Gasteiger partial charge in [0.1, 0.15) is 11.7 Å². The summed E-state index contributed by atoms with van der Waals surface area (Å²) in [5.74, 6) is 3.68. The summed E-state index contributed by atoms with van der Waals surface area (Å²) in [5.41, 5.74) is 3.59. The molecule has 2 aromatic rings. The zero-order chi connectivity index (χ0) is 21.3. The molecule has 1 unspecified atom stereocenters. The maximum absolute atomic E-state index is 12.6. The molecule has 8 nitrogen and oxygen atoms in total. The highest BCUT2D eigenvalue weighted by molar-refractivity contribution is 6.09. The molecule has 0 aliphatic carbocycles. The maximum Gasteiger partial charge on any atom is 0.296 e. The number of aryl methyl sites for hydroxylation is 1. The zero-order valence-corrected chi connectivity index (χ0v) is 16.2. The Morgan fingerprint density at radius 1 is 1.27 bits per heavy atom. The lowest BCUT2D eigenvalue weighted by molar-refractivity contribution is -0.126. The van der Waals surface area contributed by atoms with Crippen LogP contribution in [0.4, 0.5) is 0 Å². The van der Waals surface area contributed by atoms with Crippen LogP contribution in [0.3, 0.4) is 0 Å². The summed E-state index contributed by atoms with van der Waals surface area (Å²) in [6.45, 7) is 2.42. The highest BCUT2D eigenvalue weighted by Crippen LogP contribution is 2.28. The Kier molecular flexibility index (Phi) is 5.02. The fraction of sp³-hybridized carbons (Fsp3) is 0.227. The number of benzene rings is 1. The lowest BCUT2D eigenvalue weighted by Crippen LogP contribution is -2.40. The second-order valence-electron chi connectivity index (χ2n) is 7.21. The van der Waals surface area contributed by atoms with Gasteiger partial charge in [-0.3, -0.25) is 24.5 Å². The number of pyridine rings is 1. The van der Waals surface area contributed by atoms with Gasteiger partial charge in [0.25, 0.3) is 11.8 Å². The molecule has 150 valence electrons. The Morgan fingerprint density at radius 3 is 2.80 bits per heavy atom. The van der Waals surface area contributed by atoms with Crippen LogP contribution < -0.4 is 10.6 Å². The molecule has 1 atom stereocenters. The number of aromatic nitrogens is 1. The quantitative estimate of drug-likeness (QED) is 0.572. The number of rotatable bonds is 3. The lowest BCUT2D eigenvalue weighted by Gasteiger charge is -2.20. The second kappa shape index (κ2) is 7.79. The van der Waals surface area contributed by atoms with Gasteiger partial charge in [-0.05, 0) is 41.7 Å². The minimum atomic E-state index is -0.772. The Hall–Kier alpha value is -3.99. The Morgan fingerprint density at radius 2 is 2.10 bits per heavy atom. The molecule has 0 radical (unpaired) electrons. The van der Waals surface area contributed by atoms with Crippen LogP contribution in [0.25, 0.3) is 0 Å². The van der Waals surface area contributed by atoms with E-state index < -0.39 is 17.9 Å². The third-order valence-corrected chi connectivity index (χ3v) is 4.99. The number of nitrogens with zero attached hydrogens (tertiary/aromatic N) is 2. The zero-order valence-electron chi connectivity index (χ0n) is 16.2. The number of carbonyl (C=O) groups is 4. The first kappa shape index (κ1) is 19.3. The number of carbonyl (C=O) groups excluding carboxylic acids is 4. The molecule has 2 aliphatic heterocycles. The molecule has 30 heavy (non-hydrogen) atoms. The number of fused-ring (bicyclic) bond motifs is 1. The van der Waals surface area contributed by atoms with Gasteiger partial charge in [0.15, 0.2) is 0 Å². The van der Waals surface area contributed by atoms with Crippen molar-refractivity contribution in [1.29, 1.82) is 0 Å². The van der Waals surface area contributed by atoms with Crippen LogP contribution in [-0.4, -0.2) is 39.6 Å². The summed E-state index contributed by atoms with van der Waals surface area (Å²) >= 11 is 0. The topological polar surface area (TPSA) is 108 Å². The molecule has 1 saturated heterocycles. The van der Waals surface area contributed by atoms with Crippen LogP contribution in [0.5, 0.6) is 0 Å². The van der Waals surface area contributed by atoms with Gasteiger partial charge < -0.3 is 10.2 Å². The van der Waals surface area contributed by atoms with E-state index in [4.69, 9.17) is 0 Å². The monoisotopic (exact) mass is 402 g/mol. The van der Waals surface area contributed by atoms with Crippen LogP contribution in [0.2, 0.25) is 0 Å². The molecule has 0 spiro atoms. The van der Waals surface area contributed by atoms with Gasteiger partial charge in [-0.1, -0.05) is 18.2 Å². The fourth-order valence-electron chi connectivity index (χ4n) is 3.44. The maximum atomic E-state index is 12.6. The molecule has 4 amide bonds. The molecule has 0 bridgehead atoms. The summed E-state index contributed by atoms with van der Waals surface area (Å²) in [7, 11) is 0. The van der Waals surface area contributed by atoms with Crippen LogP contribution in [0, 0.1) is 18.8 Å². The van der Waals surface area contributed by atoms with Crippen molar-refractivity contribution in [3.05, 3.63) is 64.5 Å². The van der Waals surface area contributed by atoms with E-state index in [-0.39, 0.29) is 31.3 Å². The summed E-state index contributed by atoms with van der Waals surface area (Å²) in [6.07, 6.45) is 1.66. The van der Waals surface area contributed by atoms with Crippen LogP contribution in [-0.2, 0) is 27.5 Å². The number of imide groups is 1. The van der Waals surface area contributed by atoms with Crippen molar-refractivity contribution in [2.24, 2.45) is 0 Å². The van der Waals surface area contributed by atoms with Gasteiger partial charge in [-0.25, -0.2) is 4.98 Å². The van der Waals surface area contributed by atoms with Gasteiger partial charge in [0, 0.05) is 30.8 Å². The van der Waals surface area contributed by atoms with E-state index in [2.05, 4.69) is 27.5 Å². The summed E-state index contributed by atoms with van der Waals surface area (Å²) in [5, 5.41) is 4.94. The Labute approximate surface area is 172 Å². The van der Waals surface area contributed by atoms with E-state index in [1.165, 1.54) is 4.90 Å². The smallest absolute Gasteiger partial charge is 0.296 e. The largest absolute Gasteiger partial charge is 0.341 e. The summed E-state index contributed by atoms with van der Waals surface area (Å²) < 4.78 is 0. The van der Waals surface area contributed by atoms with Crippen molar-refractivity contribution in [2.75, 3.05) is 0 Å². The highest BCUT2D eigenvalue weighted by Gasteiger charge is 2.41. The van der Waals surface area contributed by atoms with E-state index in [9.17, 15) is 19.2 Å². The van der Waals surface area contributed by atoms with E-state index in [1.54, 1.807) is 24.4 Å². The molecule has 2 N–H and O–H groups in total. The number of amides is 4. The average Bonchev–Trinajstić information content (AvgIpc) is 3.23. The predicted octanol–water partition coefficient (Wildman–Crippen LogP) is 0.429. The van der Waals surface area contributed by atoms with E-state index in [0.717, 1.165) is 16.7 Å². The first-order valence-corrected chi connectivity index (χ1v) is 9.39. The first-order chi connectivity index (χ1) is 14.4. The molecule has 1 aromatic carbocycles. The second-order valence-corrected chi connectivity index (χ2v) is 7.21. The average molecular weight is 402 g/mol. The highest BCUT2D eigenvalue weighted by atomic mass is 16.2. The number of hydrogen-bond acceptors (Lipinski definition) is 5. The van der Waals surface area contributed by atoms with Gasteiger partial charge in [-0.2, -0.15) is 0 Å². The van der Waals surface area contributed by atoms with E-state index in [1.807, 2.05) is 19.1 Å². The Balaban J connectivity index is 1.39. The number of nitrogens with one attached hydrogen (secondary N) is 2. The van der Waals surface area contributed by atoms with Crippen molar-refractivity contribution in [1.82, 2.24) is 20.5 Å². The van der Waals surface area contributed by atoms with Crippen molar-refractivity contribution >= 4 is 23.6 Å². The molecule has 0 saturated carbocycles. The summed E-state index contributed by atoms with van der Waals surface area (Å²) in [4.78, 5) is 53.5. The Bertz CT molecular complexity index is 1130. The van der Waals surface area contributed by atoms with Gasteiger partial charge in [-0.15, -0.1) is 0 Å². The molecule has 1 aromatic heterocycles. The normalized spacial score (nSPS) is 17.3. The summed E-state index contributed by atoms with van der Waals surface area (Å²) in [6, 6.07) is 8.08. The van der Waals surface area contributed by atoms with Crippen molar-refractivity contribution < 1.29 is 19.2 Å². The molecule has 8 heteroatoms. The molecule has 1 fully saturated rings. The van der Waals surface area contributed by atoms with E-state index >= 15 is 0 Å². The third kappa shape index (κ3) is 3.91. The fourth-order valence-corrected chi connectivity index (χ4v) is 3.44.